The van der Waals surface area contributed by atoms with Crippen LogP contribution in [0.2, 0.25) is 0 Å². The molecule has 0 radical (unpaired) electrons. The summed E-state index contributed by atoms with van der Waals surface area (Å²) in [5, 5.41) is 2.16. The number of fused-ring (bicyclic) bond motifs is 1. The highest BCUT2D eigenvalue weighted by Gasteiger charge is 2.18. The zero-order valence-corrected chi connectivity index (χ0v) is 15.2. The Labute approximate surface area is 158 Å². The molecule has 3 aromatic carbocycles. The smallest absolute Gasteiger partial charge is 0.0305 e. The standard InChI is InChI=1S/C25H18S/c1-2-6-18(7-3-1)19-11-13-20(14-12-19)23-9-4-8-21-16-22(17-24(21)23)25-10-5-15-26-25/h1-15,17H,16H2. The van der Waals surface area contributed by atoms with E-state index in [0.717, 1.165) is 6.42 Å². The summed E-state index contributed by atoms with van der Waals surface area (Å²) < 4.78 is 0. The van der Waals surface area contributed by atoms with Gasteiger partial charge < -0.3 is 0 Å². The van der Waals surface area contributed by atoms with E-state index in [1.165, 1.54) is 43.8 Å². The average Bonchev–Trinajstić information content (AvgIpc) is 3.38. The Kier molecular flexibility index (Phi) is 3.80. The highest BCUT2D eigenvalue weighted by atomic mass is 32.1. The number of benzene rings is 3. The van der Waals surface area contributed by atoms with Gasteiger partial charge in [0.05, 0.1) is 0 Å². The Morgan fingerprint density at radius 2 is 1.38 bits per heavy atom. The molecule has 1 aromatic heterocycles. The van der Waals surface area contributed by atoms with Crippen LogP contribution in [0.5, 0.6) is 0 Å². The fourth-order valence-electron chi connectivity index (χ4n) is 3.71. The molecular weight excluding hydrogens is 332 g/mol. The van der Waals surface area contributed by atoms with Crippen molar-refractivity contribution < 1.29 is 0 Å². The van der Waals surface area contributed by atoms with Gasteiger partial charge in [-0.3, -0.25) is 0 Å². The van der Waals surface area contributed by atoms with Crippen molar-refractivity contribution in [2.75, 3.05) is 0 Å². The zero-order valence-electron chi connectivity index (χ0n) is 14.4. The fraction of sp³-hybridized carbons (Fsp3) is 0.0400. The Morgan fingerprint density at radius 3 is 2.15 bits per heavy atom. The molecule has 0 unspecified atom stereocenters. The van der Waals surface area contributed by atoms with E-state index in [9.17, 15) is 0 Å². The molecule has 5 rings (SSSR count). The number of hydrogen-bond donors (Lipinski definition) is 0. The highest BCUT2D eigenvalue weighted by Crippen LogP contribution is 2.39. The van der Waals surface area contributed by atoms with Crippen molar-refractivity contribution in [3.8, 4) is 22.3 Å². The van der Waals surface area contributed by atoms with Gasteiger partial charge in [-0.25, -0.2) is 0 Å². The molecule has 0 amide bonds. The normalized spacial score (nSPS) is 12.7. The van der Waals surface area contributed by atoms with E-state index >= 15 is 0 Å². The SMILES string of the molecule is C1=C(c2cccs2)Cc2cccc(-c3ccc(-c4ccccc4)cc3)c21. The Bertz CT molecular complexity index is 1070. The molecule has 1 aliphatic carbocycles. The molecule has 0 fully saturated rings. The molecule has 0 bridgehead atoms. The van der Waals surface area contributed by atoms with Gasteiger partial charge >= 0.3 is 0 Å². The molecule has 4 aromatic rings. The number of allylic oxidation sites excluding steroid dienone is 1. The monoisotopic (exact) mass is 350 g/mol. The van der Waals surface area contributed by atoms with Crippen LogP contribution in [0.15, 0.2) is 90.3 Å². The van der Waals surface area contributed by atoms with Gasteiger partial charge in [-0.05, 0) is 62.9 Å². The average molecular weight is 350 g/mol. The summed E-state index contributed by atoms with van der Waals surface area (Å²) in [6.45, 7) is 0. The predicted octanol–water partition coefficient (Wildman–Crippen LogP) is 7.18. The van der Waals surface area contributed by atoms with Crippen LogP contribution in [-0.2, 0) is 6.42 Å². The van der Waals surface area contributed by atoms with E-state index in [1.807, 2.05) is 11.3 Å². The van der Waals surface area contributed by atoms with E-state index in [2.05, 4.69) is 96.4 Å². The van der Waals surface area contributed by atoms with Crippen molar-refractivity contribution in [3.63, 3.8) is 0 Å². The molecule has 124 valence electrons. The number of rotatable bonds is 3. The minimum atomic E-state index is 1.03. The lowest BCUT2D eigenvalue weighted by molar-refractivity contribution is 1.33. The van der Waals surface area contributed by atoms with Gasteiger partial charge in [0, 0.05) is 4.88 Å². The Morgan fingerprint density at radius 1 is 0.615 bits per heavy atom. The second-order valence-corrected chi connectivity index (χ2v) is 7.59. The lowest BCUT2D eigenvalue weighted by Gasteiger charge is -2.09. The van der Waals surface area contributed by atoms with E-state index in [0.29, 0.717) is 0 Å². The summed E-state index contributed by atoms with van der Waals surface area (Å²) in [6.07, 6.45) is 3.41. The van der Waals surface area contributed by atoms with Gasteiger partial charge in [0.1, 0.15) is 0 Å². The molecule has 0 atom stereocenters. The first-order valence-electron chi connectivity index (χ1n) is 8.91. The summed E-state index contributed by atoms with van der Waals surface area (Å²) in [6, 6.07) is 30.5. The summed E-state index contributed by atoms with van der Waals surface area (Å²) in [7, 11) is 0. The van der Waals surface area contributed by atoms with Crippen LogP contribution in [0.1, 0.15) is 16.0 Å². The maximum atomic E-state index is 2.38. The zero-order chi connectivity index (χ0) is 17.3. The third-order valence-corrected chi connectivity index (χ3v) is 5.98. The maximum Gasteiger partial charge on any atom is 0.0305 e. The number of thiophene rings is 1. The molecule has 1 aliphatic rings. The van der Waals surface area contributed by atoms with E-state index < -0.39 is 0 Å². The van der Waals surface area contributed by atoms with Crippen molar-refractivity contribution >= 4 is 23.0 Å². The molecule has 0 nitrogen and oxygen atoms in total. The maximum absolute atomic E-state index is 2.38. The van der Waals surface area contributed by atoms with E-state index in [1.54, 1.807) is 0 Å². The Balaban J connectivity index is 1.53. The van der Waals surface area contributed by atoms with Crippen molar-refractivity contribution in [1.29, 1.82) is 0 Å². The molecule has 1 heterocycles. The minimum absolute atomic E-state index is 1.03. The van der Waals surface area contributed by atoms with Gasteiger partial charge in [0.15, 0.2) is 0 Å². The quantitative estimate of drug-likeness (QED) is 0.367. The lowest BCUT2D eigenvalue weighted by Crippen LogP contribution is -1.87. The van der Waals surface area contributed by atoms with E-state index in [-0.39, 0.29) is 0 Å². The van der Waals surface area contributed by atoms with Crippen LogP contribution in [0.4, 0.5) is 0 Å². The first kappa shape index (κ1) is 15.4. The summed E-state index contributed by atoms with van der Waals surface area (Å²) in [5.41, 5.74) is 9.37. The summed E-state index contributed by atoms with van der Waals surface area (Å²) in [5.74, 6) is 0. The Hall–Kier alpha value is -2.90. The molecule has 0 saturated carbocycles. The molecule has 0 N–H and O–H groups in total. The third-order valence-electron chi connectivity index (χ3n) is 5.04. The van der Waals surface area contributed by atoms with Crippen molar-refractivity contribution in [1.82, 2.24) is 0 Å². The second kappa shape index (κ2) is 6.44. The van der Waals surface area contributed by atoms with Crippen LogP contribution < -0.4 is 0 Å². The van der Waals surface area contributed by atoms with Gasteiger partial charge in [0.25, 0.3) is 0 Å². The molecular formula is C25H18S. The molecule has 26 heavy (non-hydrogen) atoms. The highest BCUT2D eigenvalue weighted by molar-refractivity contribution is 7.11. The molecule has 1 heteroatoms. The minimum Gasteiger partial charge on any atom is -0.144 e. The third kappa shape index (κ3) is 2.71. The van der Waals surface area contributed by atoms with Crippen LogP contribution >= 0.6 is 11.3 Å². The lowest BCUT2D eigenvalue weighted by atomic mass is 9.95. The van der Waals surface area contributed by atoms with Crippen molar-refractivity contribution in [2.24, 2.45) is 0 Å². The molecule has 0 spiro atoms. The summed E-state index contributed by atoms with van der Waals surface area (Å²) >= 11 is 1.82. The molecule has 0 aliphatic heterocycles. The first-order chi connectivity index (χ1) is 12.9. The topological polar surface area (TPSA) is 0 Å². The second-order valence-electron chi connectivity index (χ2n) is 6.65. The van der Waals surface area contributed by atoms with Crippen LogP contribution in [-0.4, -0.2) is 0 Å². The van der Waals surface area contributed by atoms with Gasteiger partial charge in [-0.2, -0.15) is 0 Å². The summed E-state index contributed by atoms with van der Waals surface area (Å²) in [4.78, 5) is 1.38. The van der Waals surface area contributed by atoms with Crippen LogP contribution in [0.3, 0.4) is 0 Å². The first-order valence-corrected chi connectivity index (χ1v) is 9.79. The van der Waals surface area contributed by atoms with Gasteiger partial charge in [0.2, 0.25) is 0 Å². The van der Waals surface area contributed by atoms with Crippen LogP contribution in [0.25, 0.3) is 33.9 Å². The van der Waals surface area contributed by atoms with Crippen LogP contribution in [0, 0.1) is 0 Å². The number of hydrogen-bond acceptors (Lipinski definition) is 1. The van der Waals surface area contributed by atoms with E-state index in [4.69, 9.17) is 0 Å². The van der Waals surface area contributed by atoms with Crippen molar-refractivity contribution in [2.45, 2.75) is 6.42 Å². The van der Waals surface area contributed by atoms with Gasteiger partial charge in [-0.1, -0.05) is 78.9 Å². The fourth-order valence-corrected chi connectivity index (χ4v) is 4.46. The van der Waals surface area contributed by atoms with Crippen molar-refractivity contribution in [3.05, 3.63) is 106 Å². The largest absolute Gasteiger partial charge is 0.144 e. The predicted molar refractivity (Wildman–Crippen MR) is 113 cm³/mol. The molecule has 0 saturated heterocycles. The van der Waals surface area contributed by atoms with Gasteiger partial charge in [-0.15, -0.1) is 11.3 Å².